The number of aromatic nitrogens is 3. The third-order valence-corrected chi connectivity index (χ3v) is 3.89. The molecule has 0 atom stereocenters. The molecule has 2 aromatic carbocycles. The molecule has 2 aromatic heterocycles. The molecule has 0 spiro atoms. The molecule has 0 aliphatic carbocycles. The largest absolute Gasteiger partial charge is 0.338 e. The van der Waals surface area contributed by atoms with Gasteiger partial charge in [0.2, 0.25) is 0 Å². The Kier molecular flexibility index (Phi) is 2.71. The molecule has 2 heterocycles. The Bertz CT molecular complexity index is 932. The second-order valence-electron chi connectivity index (χ2n) is 5.19. The summed E-state index contributed by atoms with van der Waals surface area (Å²) >= 11 is 0. The molecule has 0 radical (unpaired) electrons. The number of nitrogens with one attached hydrogen (secondary N) is 1. The van der Waals surface area contributed by atoms with Crippen molar-refractivity contribution in [3.63, 3.8) is 0 Å². The number of hydrogen-bond acceptors (Lipinski definition) is 2. The SMILES string of the molecule is CCc1ccc2nc(-c3cccc4cnccc34)[nH]c2c1. The predicted octanol–water partition coefficient (Wildman–Crippen LogP) is 4.34. The van der Waals surface area contributed by atoms with Crippen LogP contribution in [0.15, 0.2) is 54.9 Å². The van der Waals surface area contributed by atoms with E-state index in [9.17, 15) is 0 Å². The summed E-state index contributed by atoms with van der Waals surface area (Å²) in [5.74, 6) is 0.912. The van der Waals surface area contributed by atoms with Crippen molar-refractivity contribution in [1.82, 2.24) is 15.0 Å². The van der Waals surface area contributed by atoms with Gasteiger partial charge in [-0.05, 0) is 35.6 Å². The van der Waals surface area contributed by atoms with Crippen molar-refractivity contribution in [2.24, 2.45) is 0 Å². The summed E-state index contributed by atoms with van der Waals surface area (Å²) in [6, 6.07) is 14.7. The molecule has 0 aliphatic heterocycles. The van der Waals surface area contributed by atoms with Crippen molar-refractivity contribution >= 4 is 21.8 Å². The van der Waals surface area contributed by atoms with Gasteiger partial charge in [-0.2, -0.15) is 0 Å². The van der Waals surface area contributed by atoms with Crippen molar-refractivity contribution in [3.8, 4) is 11.4 Å². The molecular formula is C18H15N3. The lowest BCUT2D eigenvalue weighted by Gasteiger charge is -2.02. The zero-order valence-corrected chi connectivity index (χ0v) is 11.8. The van der Waals surface area contributed by atoms with Gasteiger partial charge in [0, 0.05) is 23.3 Å². The lowest BCUT2D eigenvalue weighted by Crippen LogP contribution is -1.84. The van der Waals surface area contributed by atoms with Crippen LogP contribution in [0.25, 0.3) is 33.2 Å². The number of rotatable bonds is 2. The number of H-pyrrole nitrogens is 1. The molecule has 0 saturated carbocycles. The summed E-state index contributed by atoms with van der Waals surface area (Å²) in [4.78, 5) is 12.4. The smallest absolute Gasteiger partial charge is 0.139 e. The van der Waals surface area contributed by atoms with Crippen molar-refractivity contribution in [2.45, 2.75) is 13.3 Å². The normalized spacial score (nSPS) is 11.3. The average Bonchev–Trinajstić information content (AvgIpc) is 2.97. The van der Waals surface area contributed by atoms with Crippen LogP contribution in [0.2, 0.25) is 0 Å². The number of pyridine rings is 1. The Balaban J connectivity index is 1.96. The highest BCUT2D eigenvalue weighted by atomic mass is 14.9. The van der Waals surface area contributed by atoms with Gasteiger partial charge in [-0.1, -0.05) is 31.2 Å². The topological polar surface area (TPSA) is 41.6 Å². The molecule has 1 N–H and O–H groups in total. The van der Waals surface area contributed by atoms with Crippen LogP contribution in [0.5, 0.6) is 0 Å². The number of nitrogens with zero attached hydrogens (tertiary/aromatic N) is 2. The molecule has 102 valence electrons. The van der Waals surface area contributed by atoms with Crippen LogP contribution >= 0.6 is 0 Å². The van der Waals surface area contributed by atoms with Gasteiger partial charge in [0.15, 0.2) is 0 Å². The zero-order chi connectivity index (χ0) is 14.2. The van der Waals surface area contributed by atoms with E-state index in [1.165, 1.54) is 10.9 Å². The Morgan fingerprint density at radius 2 is 2.05 bits per heavy atom. The highest BCUT2D eigenvalue weighted by molar-refractivity contribution is 5.96. The maximum atomic E-state index is 4.73. The quantitative estimate of drug-likeness (QED) is 0.590. The first-order chi connectivity index (χ1) is 10.3. The minimum Gasteiger partial charge on any atom is -0.338 e. The highest BCUT2D eigenvalue weighted by Crippen LogP contribution is 2.28. The van der Waals surface area contributed by atoms with Crippen molar-refractivity contribution in [1.29, 1.82) is 0 Å². The number of imidazole rings is 1. The standard InChI is InChI=1S/C18H15N3/c1-2-12-6-7-16-17(10-12)21-18(20-16)15-5-3-4-13-11-19-9-8-14(13)15/h3-11H,2H2,1H3,(H,20,21). The monoisotopic (exact) mass is 273 g/mol. The molecule has 3 heteroatoms. The van der Waals surface area contributed by atoms with Crippen molar-refractivity contribution in [2.75, 3.05) is 0 Å². The van der Waals surface area contributed by atoms with Gasteiger partial charge >= 0.3 is 0 Å². The van der Waals surface area contributed by atoms with Crippen LogP contribution < -0.4 is 0 Å². The fraction of sp³-hybridized carbons (Fsp3) is 0.111. The Labute approximate surface area is 122 Å². The van der Waals surface area contributed by atoms with E-state index in [1.807, 2.05) is 24.5 Å². The first-order valence-electron chi connectivity index (χ1n) is 7.17. The average molecular weight is 273 g/mol. The van der Waals surface area contributed by atoms with Crippen molar-refractivity contribution < 1.29 is 0 Å². The fourth-order valence-electron chi connectivity index (χ4n) is 2.73. The summed E-state index contributed by atoms with van der Waals surface area (Å²) in [5.41, 5.74) is 4.53. The molecule has 0 unspecified atom stereocenters. The first-order valence-corrected chi connectivity index (χ1v) is 7.17. The molecule has 0 amide bonds. The van der Waals surface area contributed by atoms with Gasteiger partial charge in [0.25, 0.3) is 0 Å². The Hall–Kier alpha value is -2.68. The van der Waals surface area contributed by atoms with Gasteiger partial charge in [-0.25, -0.2) is 4.98 Å². The lowest BCUT2D eigenvalue weighted by atomic mass is 10.1. The summed E-state index contributed by atoms with van der Waals surface area (Å²) < 4.78 is 0. The second kappa shape index (κ2) is 4.70. The van der Waals surface area contributed by atoms with Crippen LogP contribution in [0.4, 0.5) is 0 Å². The van der Waals surface area contributed by atoms with E-state index >= 15 is 0 Å². The molecule has 3 nitrogen and oxygen atoms in total. The van der Waals surface area contributed by atoms with Gasteiger partial charge in [-0.3, -0.25) is 4.98 Å². The lowest BCUT2D eigenvalue weighted by molar-refractivity contribution is 1.14. The van der Waals surface area contributed by atoms with E-state index in [-0.39, 0.29) is 0 Å². The van der Waals surface area contributed by atoms with Gasteiger partial charge < -0.3 is 4.98 Å². The van der Waals surface area contributed by atoms with Crippen molar-refractivity contribution in [3.05, 3.63) is 60.4 Å². The fourth-order valence-corrected chi connectivity index (χ4v) is 2.73. The molecule has 21 heavy (non-hydrogen) atoms. The minimum atomic E-state index is 0.912. The molecule has 0 aliphatic rings. The highest BCUT2D eigenvalue weighted by Gasteiger charge is 2.09. The van der Waals surface area contributed by atoms with Crippen LogP contribution in [-0.4, -0.2) is 15.0 Å². The number of fused-ring (bicyclic) bond motifs is 2. The summed E-state index contributed by atoms with van der Waals surface area (Å²) in [6.45, 7) is 2.16. The van der Waals surface area contributed by atoms with E-state index in [0.29, 0.717) is 0 Å². The van der Waals surface area contributed by atoms with Crippen LogP contribution in [-0.2, 0) is 6.42 Å². The molecule has 0 bridgehead atoms. The second-order valence-corrected chi connectivity index (χ2v) is 5.19. The molecular weight excluding hydrogens is 258 g/mol. The van der Waals surface area contributed by atoms with Crippen LogP contribution in [0.1, 0.15) is 12.5 Å². The van der Waals surface area contributed by atoms with Gasteiger partial charge in [-0.15, -0.1) is 0 Å². The number of hydrogen-bond donors (Lipinski definition) is 1. The summed E-state index contributed by atoms with van der Waals surface area (Å²) in [7, 11) is 0. The third kappa shape index (κ3) is 1.98. The zero-order valence-electron chi connectivity index (χ0n) is 11.8. The van der Waals surface area contributed by atoms with E-state index in [0.717, 1.165) is 34.2 Å². The summed E-state index contributed by atoms with van der Waals surface area (Å²) in [5, 5.41) is 2.30. The Morgan fingerprint density at radius 3 is 2.95 bits per heavy atom. The molecule has 0 saturated heterocycles. The first kappa shape index (κ1) is 12.1. The predicted molar refractivity (Wildman–Crippen MR) is 86.2 cm³/mol. The van der Waals surface area contributed by atoms with E-state index in [1.54, 1.807) is 0 Å². The molecule has 4 rings (SSSR count). The van der Waals surface area contributed by atoms with Gasteiger partial charge in [0.05, 0.1) is 11.0 Å². The van der Waals surface area contributed by atoms with E-state index in [4.69, 9.17) is 4.98 Å². The van der Waals surface area contributed by atoms with Crippen LogP contribution in [0.3, 0.4) is 0 Å². The van der Waals surface area contributed by atoms with Crippen LogP contribution in [0, 0.1) is 0 Å². The summed E-state index contributed by atoms with van der Waals surface area (Å²) in [6.07, 6.45) is 4.74. The Morgan fingerprint density at radius 1 is 1.10 bits per heavy atom. The molecule has 0 fully saturated rings. The molecule has 4 aromatic rings. The maximum absolute atomic E-state index is 4.73. The maximum Gasteiger partial charge on any atom is 0.139 e. The number of aryl methyl sites for hydroxylation is 1. The number of benzene rings is 2. The minimum absolute atomic E-state index is 0.912. The van der Waals surface area contributed by atoms with E-state index < -0.39 is 0 Å². The third-order valence-electron chi connectivity index (χ3n) is 3.89. The van der Waals surface area contributed by atoms with E-state index in [2.05, 4.69) is 47.2 Å². The number of aromatic amines is 1. The van der Waals surface area contributed by atoms with Gasteiger partial charge in [0.1, 0.15) is 5.82 Å².